The lowest BCUT2D eigenvalue weighted by Gasteiger charge is -2.28. The number of hydrogen-bond donors (Lipinski definition) is 1. The van der Waals surface area contributed by atoms with Crippen LogP contribution in [0.2, 0.25) is 0 Å². The summed E-state index contributed by atoms with van der Waals surface area (Å²) in [6.45, 7) is 13.6. The SMILES string of the molecule is CC(=O)Sc1cc(C(=O)c2cc(C(C)(C)C)c(O)c(C(C)(C)C)c2)cn1C. The van der Waals surface area contributed by atoms with Gasteiger partial charge in [0.1, 0.15) is 5.75 Å². The summed E-state index contributed by atoms with van der Waals surface area (Å²) >= 11 is 1.11. The van der Waals surface area contributed by atoms with E-state index in [1.165, 1.54) is 6.92 Å². The number of phenolic OH excluding ortho intramolecular Hbond substituents is 1. The van der Waals surface area contributed by atoms with Crippen molar-refractivity contribution in [3.8, 4) is 5.75 Å². The van der Waals surface area contributed by atoms with Crippen LogP contribution in [0, 0.1) is 0 Å². The summed E-state index contributed by atoms with van der Waals surface area (Å²) in [5.41, 5.74) is 2.00. The molecule has 5 heteroatoms. The van der Waals surface area contributed by atoms with Crippen LogP contribution < -0.4 is 0 Å². The highest BCUT2D eigenvalue weighted by molar-refractivity contribution is 8.13. The van der Waals surface area contributed by atoms with Gasteiger partial charge >= 0.3 is 0 Å². The van der Waals surface area contributed by atoms with Crippen molar-refractivity contribution in [1.82, 2.24) is 4.57 Å². The molecule has 1 aromatic heterocycles. The van der Waals surface area contributed by atoms with Gasteiger partial charge in [0.25, 0.3) is 0 Å². The van der Waals surface area contributed by atoms with E-state index in [0.717, 1.165) is 27.9 Å². The number of carbonyl (C=O) groups excluding carboxylic acids is 2. The van der Waals surface area contributed by atoms with Crippen molar-refractivity contribution in [2.45, 2.75) is 64.3 Å². The van der Waals surface area contributed by atoms with Crippen molar-refractivity contribution in [2.75, 3.05) is 0 Å². The molecule has 0 unspecified atom stereocenters. The third kappa shape index (κ3) is 4.64. The third-order valence-electron chi connectivity index (χ3n) is 4.46. The number of hydrogen-bond acceptors (Lipinski definition) is 4. The summed E-state index contributed by atoms with van der Waals surface area (Å²) in [4.78, 5) is 24.6. The number of aromatic hydroxyl groups is 1. The lowest BCUT2D eigenvalue weighted by molar-refractivity contribution is -0.109. The van der Waals surface area contributed by atoms with Gasteiger partial charge in [-0.2, -0.15) is 0 Å². The van der Waals surface area contributed by atoms with Crippen LogP contribution in [0.4, 0.5) is 0 Å². The molecule has 4 nitrogen and oxygen atoms in total. The molecule has 1 aromatic carbocycles. The highest BCUT2D eigenvalue weighted by Crippen LogP contribution is 2.40. The Kier molecular flexibility index (Phi) is 5.67. The molecule has 0 atom stereocenters. The number of rotatable bonds is 3. The van der Waals surface area contributed by atoms with Crippen molar-refractivity contribution in [2.24, 2.45) is 7.05 Å². The Labute approximate surface area is 166 Å². The molecule has 0 bridgehead atoms. The van der Waals surface area contributed by atoms with Gasteiger partial charge in [-0.3, -0.25) is 9.59 Å². The van der Waals surface area contributed by atoms with Crippen LogP contribution in [0.25, 0.3) is 0 Å². The maximum atomic E-state index is 13.2. The zero-order chi connectivity index (χ0) is 20.7. The summed E-state index contributed by atoms with van der Waals surface area (Å²) in [6.07, 6.45) is 1.74. The molecule has 27 heavy (non-hydrogen) atoms. The van der Waals surface area contributed by atoms with E-state index in [2.05, 4.69) is 0 Å². The van der Waals surface area contributed by atoms with Gasteiger partial charge in [-0.25, -0.2) is 0 Å². The van der Waals surface area contributed by atoms with Crippen molar-refractivity contribution < 1.29 is 14.7 Å². The monoisotopic (exact) mass is 387 g/mol. The first kappa shape index (κ1) is 21.3. The topological polar surface area (TPSA) is 59.3 Å². The van der Waals surface area contributed by atoms with E-state index < -0.39 is 0 Å². The molecule has 0 spiro atoms. The van der Waals surface area contributed by atoms with Gasteiger partial charge in [-0.15, -0.1) is 0 Å². The zero-order valence-electron chi connectivity index (χ0n) is 17.4. The summed E-state index contributed by atoms with van der Waals surface area (Å²) < 4.78 is 1.79. The lowest BCUT2D eigenvalue weighted by Crippen LogP contribution is -2.19. The molecule has 0 fully saturated rings. The lowest BCUT2D eigenvalue weighted by atomic mass is 9.78. The predicted molar refractivity (Wildman–Crippen MR) is 111 cm³/mol. The van der Waals surface area contributed by atoms with Crippen LogP contribution in [-0.2, 0) is 22.7 Å². The number of benzene rings is 1. The molecule has 146 valence electrons. The van der Waals surface area contributed by atoms with Crippen LogP contribution in [0.5, 0.6) is 5.75 Å². The van der Waals surface area contributed by atoms with Crippen LogP contribution in [0.3, 0.4) is 0 Å². The van der Waals surface area contributed by atoms with Crippen molar-refractivity contribution in [3.63, 3.8) is 0 Å². The molecule has 0 saturated heterocycles. The Balaban J connectivity index is 2.61. The molecule has 1 heterocycles. The highest BCUT2D eigenvalue weighted by atomic mass is 32.2. The molecule has 2 aromatic rings. The van der Waals surface area contributed by atoms with E-state index in [0.29, 0.717) is 11.1 Å². The van der Waals surface area contributed by atoms with Crippen LogP contribution in [0.15, 0.2) is 29.4 Å². The quantitative estimate of drug-likeness (QED) is 0.581. The fraction of sp³-hybridized carbons (Fsp3) is 0.455. The average Bonchev–Trinajstić information content (AvgIpc) is 2.84. The Morgan fingerprint density at radius 1 is 0.926 bits per heavy atom. The minimum atomic E-state index is -0.299. The second kappa shape index (κ2) is 7.19. The number of carbonyl (C=O) groups is 2. The fourth-order valence-corrected chi connectivity index (χ4v) is 3.67. The largest absolute Gasteiger partial charge is 0.507 e. The van der Waals surface area contributed by atoms with Crippen molar-refractivity contribution in [1.29, 1.82) is 0 Å². The number of thioether (sulfide) groups is 1. The van der Waals surface area contributed by atoms with E-state index in [1.807, 2.05) is 48.6 Å². The molecule has 0 radical (unpaired) electrons. The number of ketones is 1. The van der Waals surface area contributed by atoms with Gasteiger partial charge in [-0.1, -0.05) is 41.5 Å². The smallest absolute Gasteiger partial charge is 0.194 e. The first-order valence-corrected chi connectivity index (χ1v) is 9.81. The van der Waals surface area contributed by atoms with E-state index >= 15 is 0 Å². The Morgan fingerprint density at radius 2 is 1.41 bits per heavy atom. The van der Waals surface area contributed by atoms with Crippen LogP contribution in [0.1, 0.15) is 75.5 Å². The minimum Gasteiger partial charge on any atom is -0.507 e. The number of phenols is 1. The summed E-state index contributed by atoms with van der Waals surface area (Å²) in [6, 6.07) is 5.32. The normalized spacial score (nSPS) is 12.3. The molecule has 0 amide bonds. The van der Waals surface area contributed by atoms with Gasteiger partial charge < -0.3 is 9.67 Å². The Hall–Kier alpha value is -2.01. The van der Waals surface area contributed by atoms with E-state index in [1.54, 1.807) is 29.0 Å². The van der Waals surface area contributed by atoms with E-state index in [9.17, 15) is 14.7 Å². The first-order chi connectivity index (χ1) is 12.2. The second-order valence-corrected chi connectivity index (χ2v) is 10.2. The maximum Gasteiger partial charge on any atom is 0.194 e. The molecule has 0 aliphatic heterocycles. The van der Waals surface area contributed by atoms with Crippen LogP contribution >= 0.6 is 11.8 Å². The third-order valence-corrected chi connectivity index (χ3v) is 5.36. The van der Waals surface area contributed by atoms with Crippen molar-refractivity contribution in [3.05, 3.63) is 46.6 Å². The molecule has 0 aliphatic rings. The minimum absolute atomic E-state index is 0.0233. The van der Waals surface area contributed by atoms with Gasteiger partial charge in [0.15, 0.2) is 10.9 Å². The molecular formula is C22H29NO3S. The summed E-state index contributed by atoms with van der Waals surface area (Å²) in [5.74, 6) is 0.143. The van der Waals surface area contributed by atoms with Gasteiger partial charge in [-0.05, 0) is 40.8 Å². The predicted octanol–water partition coefficient (Wildman–Crippen LogP) is 5.20. The summed E-state index contributed by atoms with van der Waals surface area (Å²) in [5, 5.41) is 11.5. The van der Waals surface area contributed by atoms with E-state index in [-0.39, 0.29) is 27.5 Å². The fourth-order valence-electron chi connectivity index (χ4n) is 2.99. The Bertz CT molecular complexity index is 860. The average molecular weight is 388 g/mol. The highest BCUT2D eigenvalue weighted by Gasteiger charge is 2.28. The van der Waals surface area contributed by atoms with Crippen molar-refractivity contribution >= 4 is 22.7 Å². The maximum absolute atomic E-state index is 13.2. The second-order valence-electron chi connectivity index (χ2n) is 9.02. The van der Waals surface area contributed by atoms with Gasteiger partial charge in [0.2, 0.25) is 0 Å². The zero-order valence-corrected chi connectivity index (χ0v) is 18.2. The molecule has 0 aliphatic carbocycles. The summed E-state index contributed by atoms with van der Waals surface area (Å²) in [7, 11) is 1.82. The Morgan fingerprint density at radius 3 is 1.81 bits per heavy atom. The number of nitrogens with zero attached hydrogens (tertiary/aromatic N) is 1. The van der Waals surface area contributed by atoms with Gasteiger partial charge in [0.05, 0.1) is 5.03 Å². The van der Waals surface area contributed by atoms with Crippen LogP contribution in [-0.4, -0.2) is 20.6 Å². The van der Waals surface area contributed by atoms with Gasteiger partial charge in [0, 0.05) is 42.4 Å². The molecule has 1 N–H and O–H groups in total. The first-order valence-electron chi connectivity index (χ1n) is 8.99. The molecule has 2 rings (SSSR count). The molecular weight excluding hydrogens is 358 g/mol. The number of aromatic nitrogens is 1. The number of aryl methyl sites for hydroxylation is 1. The van der Waals surface area contributed by atoms with E-state index in [4.69, 9.17) is 0 Å². The standard InChI is InChI=1S/C22H29NO3S/c1-13(24)27-18-11-15(12-23(18)8)19(25)14-9-16(21(2,3)4)20(26)17(10-14)22(5,6)7/h9-12,26H,1-8H3. The molecule has 0 saturated carbocycles.